The van der Waals surface area contributed by atoms with Crippen LogP contribution in [0.2, 0.25) is 5.02 Å². The number of benzene rings is 2. The first kappa shape index (κ1) is 15.9. The first-order valence-corrected chi connectivity index (χ1v) is 8.54. The number of hydrogen-bond acceptors (Lipinski definition) is 2. The first-order valence-electron chi connectivity index (χ1n) is 6.56. The fourth-order valence-corrected chi connectivity index (χ4v) is 3.61. The summed E-state index contributed by atoms with van der Waals surface area (Å²) in [6.07, 6.45) is 1.85. The molecule has 4 heteroatoms. The van der Waals surface area contributed by atoms with Crippen molar-refractivity contribution in [3.8, 4) is 0 Å². The zero-order chi connectivity index (χ0) is 14.5. The third kappa shape index (κ3) is 4.52. The number of nitrogens with two attached hydrogens (primary N) is 1. The Morgan fingerprint density at radius 3 is 2.70 bits per heavy atom. The Bertz CT molecular complexity index is 588. The zero-order valence-corrected chi connectivity index (χ0v) is 14.4. The van der Waals surface area contributed by atoms with Crippen molar-refractivity contribution in [3.05, 3.63) is 57.5 Å². The molecule has 0 bridgehead atoms. The van der Waals surface area contributed by atoms with Crippen molar-refractivity contribution >= 4 is 39.3 Å². The van der Waals surface area contributed by atoms with Crippen LogP contribution in [0.5, 0.6) is 0 Å². The summed E-state index contributed by atoms with van der Waals surface area (Å²) in [6.45, 7) is 2.10. The van der Waals surface area contributed by atoms with E-state index in [1.807, 2.05) is 18.2 Å². The minimum Gasteiger partial charge on any atom is -0.327 e. The van der Waals surface area contributed by atoms with Crippen LogP contribution in [0, 0.1) is 0 Å². The van der Waals surface area contributed by atoms with E-state index in [1.165, 1.54) is 10.5 Å². The molecule has 0 radical (unpaired) electrons. The van der Waals surface area contributed by atoms with E-state index in [-0.39, 0.29) is 6.04 Å². The van der Waals surface area contributed by atoms with E-state index in [0.29, 0.717) is 0 Å². The van der Waals surface area contributed by atoms with E-state index < -0.39 is 0 Å². The Morgan fingerprint density at radius 2 is 2.05 bits per heavy atom. The van der Waals surface area contributed by atoms with Crippen molar-refractivity contribution < 1.29 is 0 Å². The number of halogens is 2. The predicted octanol–water partition coefficient (Wildman–Crippen LogP) is 5.53. The van der Waals surface area contributed by atoms with Gasteiger partial charge in [-0.05, 0) is 48.7 Å². The molecule has 0 heterocycles. The van der Waals surface area contributed by atoms with Crippen LogP contribution in [0.3, 0.4) is 0 Å². The van der Waals surface area contributed by atoms with E-state index in [9.17, 15) is 0 Å². The molecule has 0 aliphatic heterocycles. The Labute approximate surface area is 138 Å². The van der Waals surface area contributed by atoms with Crippen molar-refractivity contribution in [3.63, 3.8) is 0 Å². The van der Waals surface area contributed by atoms with Gasteiger partial charge in [0.2, 0.25) is 0 Å². The highest BCUT2D eigenvalue weighted by Crippen LogP contribution is 2.34. The monoisotopic (exact) mass is 369 g/mol. The second-order valence-electron chi connectivity index (χ2n) is 4.70. The quantitative estimate of drug-likeness (QED) is 0.748. The maximum atomic E-state index is 6.37. The van der Waals surface area contributed by atoms with Crippen molar-refractivity contribution in [1.29, 1.82) is 0 Å². The van der Waals surface area contributed by atoms with Gasteiger partial charge in [0.1, 0.15) is 0 Å². The third-order valence-electron chi connectivity index (χ3n) is 3.04. The Kier molecular flexibility index (Phi) is 5.97. The minimum absolute atomic E-state index is 0.203. The van der Waals surface area contributed by atoms with Crippen LogP contribution in [0.1, 0.15) is 18.9 Å². The molecule has 0 aliphatic carbocycles. The molecule has 20 heavy (non-hydrogen) atoms. The van der Waals surface area contributed by atoms with Crippen LogP contribution in [-0.2, 0) is 6.42 Å². The van der Waals surface area contributed by atoms with E-state index in [1.54, 1.807) is 11.8 Å². The zero-order valence-electron chi connectivity index (χ0n) is 11.3. The molecule has 2 aromatic rings. The molecule has 1 atom stereocenters. The van der Waals surface area contributed by atoms with Gasteiger partial charge in [-0.2, -0.15) is 0 Å². The van der Waals surface area contributed by atoms with Gasteiger partial charge in [-0.25, -0.2) is 0 Å². The maximum absolute atomic E-state index is 6.37. The van der Waals surface area contributed by atoms with Gasteiger partial charge in [0.05, 0.1) is 5.02 Å². The van der Waals surface area contributed by atoms with Crippen molar-refractivity contribution in [2.45, 2.75) is 35.6 Å². The summed E-state index contributed by atoms with van der Waals surface area (Å²) < 4.78 is 1.07. The molecule has 106 valence electrons. The summed E-state index contributed by atoms with van der Waals surface area (Å²) in [5.41, 5.74) is 7.18. The molecule has 2 aromatic carbocycles. The van der Waals surface area contributed by atoms with Crippen LogP contribution in [0.15, 0.2) is 56.7 Å². The smallest absolute Gasteiger partial charge is 0.0548 e. The van der Waals surface area contributed by atoms with Gasteiger partial charge < -0.3 is 5.73 Å². The average Bonchev–Trinajstić information content (AvgIpc) is 2.42. The molecular formula is C16H17BrClNS. The number of hydrogen-bond donors (Lipinski definition) is 1. The fraction of sp³-hybridized carbons (Fsp3) is 0.250. The summed E-state index contributed by atoms with van der Waals surface area (Å²) in [7, 11) is 0. The number of rotatable bonds is 5. The standard InChI is InChI=1S/C16H17BrClNS/c1-2-13(19)8-11-6-7-16(15(18)9-11)20-14-5-3-4-12(17)10-14/h3-7,9-10,13H,2,8,19H2,1H3. The highest BCUT2D eigenvalue weighted by molar-refractivity contribution is 9.10. The highest BCUT2D eigenvalue weighted by Gasteiger charge is 2.07. The van der Waals surface area contributed by atoms with Crippen LogP contribution >= 0.6 is 39.3 Å². The lowest BCUT2D eigenvalue weighted by molar-refractivity contribution is 0.646. The van der Waals surface area contributed by atoms with Gasteiger partial charge in [-0.1, -0.05) is 58.3 Å². The lowest BCUT2D eigenvalue weighted by Gasteiger charge is -2.11. The summed E-state index contributed by atoms with van der Waals surface area (Å²) in [4.78, 5) is 2.23. The topological polar surface area (TPSA) is 26.0 Å². The molecule has 0 aromatic heterocycles. The molecule has 0 spiro atoms. The average molecular weight is 371 g/mol. The highest BCUT2D eigenvalue weighted by atomic mass is 79.9. The third-order valence-corrected chi connectivity index (χ3v) is 5.03. The van der Waals surface area contributed by atoms with E-state index in [0.717, 1.165) is 27.2 Å². The second kappa shape index (κ2) is 7.51. The molecular weight excluding hydrogens is 354 g/mol. The Morgan fingerprint density at radius 1 is 1.25 bits per heavy atom. The fourth-order valence-electron chi connectivity index (χ4n) is 1.86. The summed E-state index contributed by atoms with van der Waals surface area (Å²) in [6, 6.07) is 14.6. The van der Waals surface area contributed by atoms with Gasteiger partial charge in [-0.15, -0.1) is 0 Å². The van der Waals surface area contributed by atoms with Crippen molar-refractivity contribution in [1.82, 2.24) is 0 Å². The van der Waals surface area contributed by atoms with E-state index in [2.05, 4.69) is 47.1 Å². The normalized spacial score (nSPS) is 12.4. The molecule has 1 unspecified atom stereocenters. The van der Waals surface area contributed by atoms with Gasteiger partial charge in [0.25, 0.3) is 0 Å². The molecule has 0 fully saturated rings. The molecule has 1 nitrogen and oxygen atoms in total. The van der Waals surface area contributed by atoms with E-state index in [4.69, 9.17) is 17.3 Å². The molecule has 0 saturated carbocycles. The van der Waals surface area contributed by atoms with Gasteiger partial charge in [0, 0.05) is 20.3 Å². The van der Waals surface area contributed by atoms with Crippen LogP contribution in [0.4, 0.5) is 0 Å². The lowest BCUT2D eigenvalue weighted by atomic mass is 10.1. The molecule has 0 amide bonds. The summed E-state index contributed by atoms with van der Waals surface area (Å²) in [5.74, 6) is 0. The second-order valence-corrected chi connectivity index (χ2v) is 7.13. The van der Waals surface area contributed by atoms with Crippen molar-refractivity contribution in [2.24, 2.45) is 5.73 Å². The van der Waals surface area contributed by atoms with Gasteiger partial charge >= 0.3 is 0 Å². The summed E-state index contributed by atoms with van der Waals surface area (Å²) in [5, 5.41) is 0.788. The van der Waals surface area contributed by atoms with Gasteiger partial charge in [0.15, 0.2) is 0 Å². The maximum Gasteiger partial charge on any atom is 0.0548 e. The van der Waals surface area contributed by atoms with Crippen LogP contribution in [-0.4, -0.2) is 6.04 Å². The minimum atomic E-state index is 0.203. The molecule has 2 N–H and O–H groups in total. The lowest BCUT2D eigenvalue weighted by Crippen LogP contribution is -2.21. The van der Waals surface area contributed by atoms with E-state index >= 15 is 0 Å². The molecule has 2 rings (SSSR count). The molecule has 0 saturated heterocycles. The first-order chi connectivity index (χ1) is 9.58. The SMILES string of the molecule is CCC(N)Cc1ccc(Sc2cccc(Br)c2)c(Cl)c1. The Hall–Kier alpha value is -0.480. The van der Waals surface area contributed by atoms with Gasteiger partial charge in [-0.3, -0.25) is 0 Å². The largest absolute Gasteiger partial charge is 0.327 e. The van der Waals surface area contributed by atoms with Crippen LogP contribution < -0.4 is 5.73 Å². The summed E-state index contributed by atoms with van der Waals surface area (Å²) >= 11 is 11.5. The predicted molar refractivity (Wildman–Crippen MR) is 91.7 cm³/mol. The molecule has 0 aliphatic rings. The van der Waals surface area contributed by atoms with Crippen molar-refractivity contribution in [2.75, 3.05) is 0 Å². The van der Waals surface area contributed by atoms with Crippen LogP contribution in [0.25, 0.3) is 0 Å². The Balaban J connectivity index is 2.13.